The number of nitrogens with zero attached hydrogens (tertiary/aromatic N) is 3. The average Bonchev–Trinajstić information content (AvgIpc) is 2.91. The third-order valence-corrected chi connectivity index (χ3v) is 3.67. The Kier molecular flexibility index (Phi) is 5.63. The summed E-state index contributed by atoms with van der Waals surface area (Å²) in [7, 11) is 0. The summed E-state index contributed by atoms with van der Waals surface area (Å²) in [6.07, 6.45) is -1.58. The second kappa shape index (κ2) is 7.46. The van der Waals surface area contributed by atoms with E-state index >= 15 is 0 Å². The number of halogens is 2. The molecule has 2 N–H and O–H groups in total. The summed E-state index contributed by atoms with van der Waals surface area (Å²) in [5.41, 5.74) is 0. The molecule has 0 saturated carbocycles. The number of thiophene rings is 1. The molecule has 0 aromatic carbocycles. The van der Waals surface area contributed by atoms with Crippen LogP contribution in [-0.2, 0) is 0 Å². The van der Waals surface area contributed by atoms with Gasteiger partial charge in [0.25, 0.3) is 6.43 Å². The van der Waals surface area contributed by atoms with E-state index in [1.807, 2.05) is 18.4 Å². The van der Waals surface area contributed by atoms with Gasteiger partial charge >= 0.3 is 0 Å². The standard InChI is InChI=1S/C13H18F2N4OS/c1-2-4-16-13-17-11(9-3-7-21-12(9)18-13)19(5-6-20)8-10(14)15/h3,7,10,20H,2,4-6,8H2,1H3,(H,16,17,18). The van der Waals surface area contributed by atoms with Gasteiger partial charge in [0.2, 0.25) is 5.95 Å². The normalized spacial score (nSPS) is 11.3. The lowest BCUT2D eigenvalue weighted by molar-refractivity contribution is 0.152. The third kappa shape index (κ3) is 3.98. The van der Waals surface area contributed by atoms with Crippen molar-refractivity contribution in [1.29, 1.82) is 0 Å². The summed E-state index contributed by atoms with van der Waals surface area (Å²) in [4.78, 5) is 10.9. The molecule has 21 heavy (non-hydrogen) atoms. The third-order valence-electron chi connectivity index (χ3n) is 2.87. The number of anilines is 2. The van der Waals surface area contributed by atoms with Crippen molar-refractivity contribution >= 4 is 33.3 Å². The fourth-order valence-corrected chi connectivity index (χ4v) is 2.73. The van der Waals surface area contributed by atoms with Crippen molar-refractivity contribution in [2.75, 3.05) is 36.5 Å². The molecule has 0 amide bonds. The lowest BCUT2D eigenvalue weighted by Crippen LogP contribution is -2.32. The van der Waals surface area contributed by atoms with Gasteiger partial charge in [0, 0.05) is 13.1 Å². The van der Waals surface area contributed by atoms with Gasteiger partial charge in [-0.3, -0.25) is 0 Å². The fourth-order valence-electron chi connectivity index (χ4n) is 1.97. The molecule has 8 heteroatoms. The molecule has 0 saturated heterocycles. The minimum atomic E-state index is -2.49. The van der Waals surface area contributed by atoms with Crippen LogP contribution in [0.5, 0.6) is 0 Å². The average molecular weight is 316 g/mol. The molecule has 0 fully saturated rings. The van der Waals surface area contributed by atoms with E-state index in [0.29, 0.717) is 18.3 Å². The number of rotatable bonds is 8. The number of aliphatic hydroxyl groups is 1. The molecule has 2 aromatic rings. The SMILES string of the molecule is CCCNc1nc(N(CCO)CC(F)F)c2ccsc2n1. The van der Waals surface area contributed by atoms with Crippen LogP contribution in [0.3, 0.4) is 0 Å². The summed E-state index contributed by atoms with van der Waals surface area (Å²) >= 11 is 1.44. The number of aromatic nitrogens is 2. The Morgan fingerprint density at radius 1 is 1.43 bits per heavy atom. The minimum absolute atomic E-state index is 0.111. The van der Waals surface area contributed by atoms with Crippen LogP contribution in [0.15, 0.2) is 11.4 Å². The monoisotopic (exact) mass is 316 g/mol. The van der Waals surface area contributed by atoms with Crippen molar-refractivity contribution in [3.05, 3.63) is 11.4 Å². The van der Waals surface area contributed by atoms with E-state index in [-0.39, 0.29) is 13.2 Å². The number of fused-ring (bicyclic) bond motifs is 1. The molecular formula is C13H18F2N4OS. The maximum absolute atomic E-state index is 12.7. The van der Waals surface area contributed by atoms with Crippen LogP contribution in [0.2, 0.25) is 0 Å². The highest BCUT2D eigenvalue weighted by Gasteiger charge is 2.18. The van der Waals surface area contributed by atoms with Gasteiger partial charge in [-0.25, -0.2) is 13.8 Å². The van der Waals surface area contributed by atoms with E-state index in [1.165, 1.54) is 16.2 Å². The molecule has 0 spiro atoms. The molecule has 0 aliphatic rings. The Bertz CT molecular complexity index is 578. The number of hydrogen-bond donors (Lipinski definition) is 2. The summed E-state index contributed by atoms with van der Waals surface area (Å²) in [5, 5.41) is 14.8. The van der Waals surface area contributed by atoms with Crippen LogP contribution < -0.4 is 10.2 Å². The number of hydrogen-bond acceptors (Lipinski definition) is 6. The maximum Gasteiger partial charge on any atom is 0.255 e. The first kappa shape index (κ1) is 15.8. The summed E-state index contributed by atoms with van der Waals surface area (Å²) in [5.74, 6) is 0.869. The predicted octanol–water partition coefficient (Wildman–Crippen LogP) is 2.58. The van der Waals surface area contributed by atoms with Crippen molar-refractivity contribution in [2.24, 2.45) is 0 Å². The first-order chi connectivity index (χ1) is 10.2. The zero-order chi connectivity index (χ0) is 15.2. The van der Waals surface area contributed by atoms with Gasteiger partial charge < -0.3 is 15.3 Å². The molecule has 0 aliphatic heterocycles. The summed E-state index contributed by atoms with van der Waals surface area (Å²) < 4.78 is 25.5. The molecule has 2 rings (SSSR count). The highest BCUT2D eigenvalue weighted by atomic mass is 32.1. The van der Waals surface area contributed by atoms with Crippen LogP contribution in [0.1, 0.15) is 13.3 Å². The van der Waals surface area contributed by atoms with E-state index in [0.717, 1.165) is 16.6 Å². The van der Waals surface area contributed by atoms with Crippen molar-refractivity contribution in [2.45, 2.75) is 19.8 Å². The highest BCUT2D eigenvalue weighted by molar-refractivity contribution is 7.16. The Balaban J connectivity index is 2.39. The largest absolute Gasteiger partial charge is 0.395 e. The van der Waals surface area contributed by atoms with E-state index in [1.54, 1.807) is 0 Å². The number of nitrogens with one attached hydrogen (secondary N) is 1. The van der Waals surface area contributed by atoms with Gasteiger partial charge in [0.1, 0.15) is 10.6 Å². The molecule has 0 unspecified atom stereocenters. The van der Waals surface area contributed by atoms with Crippen LogP contribution >= 0.6 is 11.3 Å². The van der Waals surface area contributed by atoms with Gasteiger partial charge in [0.05, 0.1) is 18.5 Å². The lowest BCUT2D eigenvalue weighted by atomic mass is 10.3. The molecule has 2 heterocycles. The van der Waals surface area contributed by atoms with Crippen LogP contribution in [0.25, 0.3) is 10.2 Å². The van der Waals surface area contributed by atoms with Crippen molar-refractivity contribution in [3.63, 3.8) is 0 Å². The van der Waals surface area contributed by atoms with E-state index in [9.17, 15) is 8.78 Å². The molecule has 2 aromatic heterocycles. The van der Waals surface area contributed by atoms with Gasteiger partial charge in [0.15, 0.2) is 0 Å². The quantitative estimate of drug-likeness (QED) is 0.784. The van der Waals surface area contributed by atoms with Crippen molar-refractivity contribution in [1.82, 2.24) is 9.97 Å². The molecule has 0 aliphatic carbocycles. The van der Waals surface area contributed by atoms with Crippen molar-refractivity contribution < 1.29 is 13.9 Å². The van der Waals surface area contributed by atoms with E-state index in [2.05, 4.69) is 15.3 Å². The second-order valence-electron chi connectivity index (χ2n) is 4.50. The van der Waals surface area contributed by atoms with Gasteiger partial charge in [-0.2, -0.15) is 4.98 Å². The van der Waals surface area contributed by atoms with E-state index < -0.39 is 13.0 Å². The number of alkyl halides is 2. The van der Waals surface area contributed by atoms with Gasteiger partial charge in [-0.15, -0.1) is 11.3 Å². The van der Waals surface area contributed by atoms with Crippen LogP contribution in [0, 0.1) is 0 Å². The Morgan fingerprint density at radius 3 is 2.90 bits per heavy atom. The van der Waals surface area contributed by atoms with Gasteiger partial charge in [-0.05, 0) is 17.9 Å². The smallest absolute Gasteiger partial charge is 0.255 e. The zero-order valence-electron chi connectivity index (χ0n) is 11.7. The topological polar surface area (TPSA) is 61.3 Å². The predicted molar refractivity (Wildman–Crippen MR) is 81.5 cm³/mol. The first-order valence-electron chi connectivity index (χ1n) is 6.78. The Hall–Kier alpha value is -1.54. The van der Waals surface area contributed by atoms with E-state index in [4.69, 9.17) is 5.11 Å². The zero-order valence-corrected chi connectivity index (χ0v) is 12.5. The molecule has 0 atom stereocenters. The first-order valence-corrected chi connectivity index (χ1v) is 7.66. The molecule has 5 nitrogen and oxygen atoms in total. The molecule has 116 valence electrons. The van der Waals surface area contributed by atoms with Gasteiger partial charge in [-0.1, -0.05) is 6.92 Å². The number of aliphatic hydroxyl groups excluding tert-OH is 1. The highest BCUT2D eigenvalue weighted by Crippen LogP contribution is 2.29. The summed E-state index contributed by atoms with van der Waals surface area (Å²) in [6, 6.07) is 1.81. The maximum atomic E-state index is 12.7. The fraction of sp³-hybridized carbons (Fsp3) is 0.538. The minimum Gasteiger partial charge on any atom is -0.395 e. The second-order valence-corrected chi connectivity index (χ2v) is 5.39. The van der Waals surface area contributed by atoms with Crippen molar-refractivity contribution in [3.8, 4) is 0 Å². The Labute approximate surface area is 125 Å². The van der Waals surface area contributed by atoms with Crippen LogP contribution in [0.4, 0.5) is 20.5 Å². The Morgan fingerprint density at radius 2 is 2.24 bits per heavy atom. The molecular weight excluding hydrogens is 298 g/mol. The van der Waals surface area contributed by atoms with Crippen LogP contribution in [-0.4, -0.2) is 47.7 Å². The molecule has 0 radical (unpaired) electrons. The summed E-state index contributed by atoms with van der Waals surface area (Å²) in [6.45, 7) is 2.17. The lowest BCUT2D eigenvalue weighted by Gasteiger charge is -2.23. The molecule has 0 bridgehead atoms.